The van der Waals surface area contributed by atoms with Crippen LogP contribution >= 0.6 is 22.7 Å². The Kier molecular flexibility index (Phi) is 10.1. The molecule has 7 aromatic carbocycles. The second-order valence-corrected chi connectivity index (χ2v) is 15.4. The second-order valence-electron chi connectivity index (χ2n) is 13.4. The molecule has 10 heteroatoms. The van der Waals surface area contributed by atoms with Gasteiger partial charge < -0.3 is 28.7 Å². The fraction of sp³-hybridized carbons (Fsp3) is 0.0833. The van der Waals surface area contributed by atoms with E-state index >= 15 is 0 Å². The molecule has 0 atom stereocenters. The SMILES string of the molecule is COc1ccc(N(c2ccc(OC)cc2)c2ccc(-c3nc4cc5sc(-c6ccc(N(c7ccc(OC)cc7)c7ccc(OC)cc7)cc6)nc5cc4s3)cc2)cc1. The first-order chi connectivity index (χ1) is 28.5. The van der Waals surface area contributed by atoms with E-state index in [0.717, 1.165) is 98.7 Å². The number of methoxy groups -OCH3 is 4. The van der Waals surface area contributed by atoms with Crippen molar-refractivity contribution < 1.29 is 18.9 Å². The van der Waals surface area contributed by atoms with Crippen LogP contribution in [0.15, 0.2) is 158 Å². The van der Waals surface area contributed by atoms with Crippen molar-refractivity contribution in [3.63, 3.8) is 0 Å². The van der Waals surface area contributed by atoms with Crippen LogP contribution < -0.4 is 28.7 Å². The smallest absolute Gasteiger partial charge is 0.124 e. The van der Waals surface area contributed by atoms with E-state index in [1.54, 1.807) is 51.1 Å². The van der Waals surface area contributed by atoms with Crippen molar-refractivity contribution in [1.29, 1.82) is 0 Å². The first-order valence-electron chi connectivity index (χ1n) is 18.6. The molecular formula is C48H38N4O4S2. The first-order valence-corrected chi connectivity index (χ1v) is 20.2. The van der Waals surface area contributed by atoms with Crippen LogP contribution in [0.25, 0.3) is 41.6 Å². The third-order valence-corrected chi connectivity index (χ3v) is 12.1. The Bertz CT molecular complexity index is 2470. The summed E-state index contributed by atoms with van der Waals surface area (Å²) in [4.78, 5) is 14.6. The van der Waals surface area contributed by atoms with Crippen molar-refractivity contribution in [2.24, 2.45) is 0 Å². The average molecular weight is 799 g/mol. The van der Waals surface area contributed by atoms with Crippen LogP contribution in [0.5, 0.6) is 23.0 Å². The van der Waals surface area contributed by atoms with Crippen molar-refractivity contribution in [3.8, 4) is 44.1 Å². The zero-order chi connectivity index (χ0) is 39.6. The zero-order valence-electron chi connectivity index (χ0n) is 32.2. The van der Waals surface area contributed by atoms with Gasteiger partial charge in [-0.25, -0.2) is 9.97 Å². The molecule has 0 unspecified atom stereocenters. The fourth-order valence-corrected chi connectivity index (χ4v) is 8.89. The van der Waals surface area contributed by atoms with Gasteiger partial charge in [-0.2, -0.15) is 0 Å². The van der Waals surface area contributed by atoms with E-state index in [0.29, 0.717) is 0 Å². The molecule has 9 rings (SSSR count). The van der Waals surface area contributed by atoms with Crippen molar-refractivity contribution >= 4 is 77.2 Å². The Hall–Kier alpha value is -6.88. The lowest BCUT2D eigenvalue weighted by atomic mass is 10.1. The number of hydrogen-bond donors (Lipinski definition) is 0. The molecule has 9 aromatic rings. The molecule has 2 aromatic heterocycles. The van der Waals surface area contributed by atoms with E-state index in [1.165, 1.54) is 0 Å². The molecule has 0 saturated heterocycles. The van der Waals surface area contributed by atoms with E-state index in [-0.39, 0.29) is 0 Å². The quantitative estimate of drug-likeness (QED) is 0.121. The van der Waals surface area contributed by atoms with Gasteiger partial charge in [0.1, 0.15) is 33.0 Å². The molecule has 8 nitrogen and oxygen atoms in total. The van der Waals surface area contributed by atoms with E-state index < -0.39 is 0 Å². The maximum atomic E-state index is 5.42. The summed E-state index contributed by atoms with van der Waals surface area (Å²) < 4.78 is 23.9. The molecule has 0 bridgehead atoms. The predicted molar refractivity (Wildman–Crippen MR) is 239 cm³/mol. The maximum Gasteiger partial charge on any atom is 0.124 e. The lowest BCUT2D eigenvalue weighted by Crippen LogP contribution is -2.09. The molecule has 0 spiro atoms. The van der Waals surface area contributed by atoms with Gasteiger partial charge in [0.05, 0.1) is 48.9 Å². The Morgan fingerprint density at radius 3 is 0.828 bits per heavy atom. The Morgan fingerprint density at radius 1 is 0.345 bits per heavy atom. The lowest BCUT2D eigenvalue weighted by molar-refractivity contribution is 0.414. The summed E-state index contributed by atoms with van der Waals surface area (Å²) in [6.45, 7) is 0. The maximum absolute atomic E-state index is 5.42. The number of fused-ring (bicyclic) bond motifs is 2. The highest BCUT2D eigenvalue weighted by molar-refractivity contribution is 7.23. The van der Waals surface area contributed by atoms with Gasteiger partial charge >= 0.3 is 0 Å². The Labute approximate surface area is 344 Å². The van der Waals surface area contributed by atoms with Gasteiger partial charge in [0.25, 0.3) is 0 Å². The molecule has 0 saturated carbocycles. The minimum absolute atomic E-state index is 0.809. The standard InChI is InChI=1S/C48H38N4O4S2/c1-53-39-21-13-35(14-22-39)51(36-15-23-40(54-2)24-16-36)33-9-5-31(6-10-33)47-49-43-29-46-44(30-45(43)57-47)50-48(58-46)32-7-11-34(12-8-32)52(37-17-25-41(55-3)26-18-37)38-19-27-42(56-4)28-20-38/h5-30H,1-4H3. The summed E-state index contributed by atoms with van der Waals surface area (Å²) in [6, 6.07) is 53.7. The third kappa shape index (κ3) is 7.27. The zero-order valence-corrected chi connectivity index (χ0v) is 33.9. The number of aromatic nitrogens is 2. The number of hydrogen-bond acceptors (Lipinski definition) is 10. The number of benzene rings is 7. The van der Waals surface area contributed by atoms with E-state index in [9.17, 15) is 0 Å². The van der Waals surface area contributed by atoms with Crippen molar-refractivity contribution in [1.82, 2.24) is 9.97 Å². The highest BCUT2D eigenvalue weighted by Gasteiger charge is 2.17. The molecule has 0 N–H and O–H groups in total. The number of anilines is 6. The first kappa shape index (κ1) is 36.7. The molecule has 0 aliphatic heterocycles. The molecule has 0 amide bonds. The number of rotatable bonds is 12. The van der Waals surface area contributed by atoms with Crippen LogP contribution in [0.3, 0.4) is 0 Å². The van der Waals surface area contributed by atoms with Crippen molar-refractivity contribution in [2.75, 3.05) is 38.2 Å². The van der Waals surface area contributed by atoms with Gasteiger partial charge in [0, 0.05) is 45.3 Å². The van der Waals surface area contributed by atoms with Crippen LogP contribution in [0.2, 0.25) is 0 Å². The van der Waals surface area contributed by atoms with E-state index in [1.807, 2.05) is 48.5 Å². The highest BCUT2D eigenvalue weighted by Crippen LogP contribution is 2.41. The van der Waals surface area contributed by atoms with Gasteiger partial charge in [0.15, 0.2) is 0 Å². The molecule has 0 aliphatic carbocycles. The van der Waals surface area contributed by atoms with E-state index in [2.05, 4.69) is 119 Å². The van der Waals surface area contributed by atoms with Gasteiger partial charge in [-0.05, 0) is 158 Å². The minimum Gasteiger partial charge on any atom is -0.497 e. The summed E-state index contributed by atoms with van der Waals surface area (Å²) in [5, 5.41) is 1.93. The molecule has 0 radical (unpaired) electrons. The Morgan fingerprint density at radius 2 is 0.586 bits per heavy atom. The van der Waals surface area contributed by atoms with Crippen LogP contribution in [0, 0.1) is 0 Å². The summed E-state index contributed by atoms with van der Waals surface area (Å²) in [5.74, 6) is 3.24. The fourth-order valence-electron chi connectivity index (χ4n) is 6.92. The number of thiazole rings is 2. The second kappa shape index (κ2) is 15.9. The average Bonchev–Trinajstić information content (AvgIpc) is 3.90. The van der Waals surface area contributed by atoms with E-state index in [4.69, 9.17) is 28.9 Å². The number of ether oxygens (including phenoxy) is 4. The molecule has 2 heterocycles. The predicted octanol–water partition coefficient (Wildman–Crippen LogP) is 13.2. The molecule has 286 valence electrons. The summed E-state index contributed by atoms with van der Waals surface area (Å²) in [5.41, 5.74) is 10.2. The summed E-state index contributed by atoms with van der Waals surface area (Å²) >= 11 is 3.36. The minimum atomic E-state index is 0.809. The largest absolute Gasteiger partial charge is 0.497 e. The normalized spacial score (nSPS) is 11.1. The van der Waals surface area contributed by atoms with Crippen LogP contribution in [0.1, 0.15) is 0 Å². The topological polar surface area (TPSA) is 69.2 Å². The monoisotopic (exact) mass is 798 g/mol. The Balaban J connectivity index is 0.978. The molecule has 0 aliphatic rings. The van der Waals surface area contributed by atoms with Gasteiger partial charge in [-0.3, -0.25) is 0 Å². The van der Waals surface area contributed by atoms with Crippen molar-refractivity contribution in [3.05, 3.63) is 158 Å². The summed E-state index contributed by atoms with van der Waals surface area (Å²) in [7, 11) is 6.71. The molecule has 58 heavy (non-hydrogen) atoms. The van der Waals surface area contributed by atoms with Crippen LogP contribution in [-0.4, -0.2) is 38.4 Å². The molecule has 0 fully saturated rings. The van der Waals surface area contributed by atoms with Crippen LogP contribution in [-0.2, 0) is 0 Å². The van der Waals surface area contributed by atoms with Gasteiger partial charge in [-0.15, -0.1) is 22.7 Å². The van der Waals surface area contributed by atoms with Crippen molar-refractivity contribution in [2.45, 2.75) is 0 Å². The highest BCUT2D eigenvalue weighted by atomic mass is 32.1. The number of nitrogens with zero attached hydrogens (tertiary/aromatic N) is 4. The third-order valence-electron chi connectivity index (χ3n) is 9.97. The lowest BCUT2D eigenvalue weighted by Gasteiger charge is -2.26. The van der Waals surface area contributed by atoms with Crippen LogP contribution in [0.4, 0.5) is 34.1 Å². The molecular weight excluding hydrogens is 761 g/mol. The van der Waals surface area contributed by atoms with Gasteiger partial charge in [0.2, 0.25) is 0 Å². The van der Waals surface area contributed by atoms with Gasteiger partial charge in [-0.1, -0.05) is 0 Å². The summed E-state index contributed by atoms with van der Waals surface area (Å²) in [6.07, 6.45) is 0.